The van der Waals surface area contributed by atoms with Crippen LogP contribution in [0.15, 0.2) is 265 Å². The Morgan fingerprint density at radius 3 is 0.685 bits per heavy atom. The van der Waals surface area contributed by atoms with E-state index in [-0.39, 0.29) is 14.5 Å². The van der Waals surface area contributed by atoms with Crippen molar-refractivity contribution in [2.75, 3.05) is 0 Å². The zero-order valence-electron chi connectivity index (χ0n) is 53.1. The van der Waals surface area contributed by atoms with Crippen LogP contribution in [0.25, 0.3) is 112 Å². The Kier molecular flexibility index (Phi) is 14.1. The van der Waals surface area contributed by atoms with Crippen molar-refractivity contribution in [1.82, 2.24) is 0 Å². The molecule has 4 aliphatic rings. The van der Waals surface area contributed by atoms with E-state index in [1.54, 1.807) is 0 Å². The molecule has 0 saturated carbocycles. The summed E-state index contributed by atoms with van der Waals surface area (Å²) >= 11 is -13.2. The molecule has 0 aromatic heterocycles. The molecular weight excluding hydrogens is 1390 g/mol. The van der Waals surface area contributed by atoms with Gasteiger partial charge in [-0.15, -0.1) is 0 Å². The Morgan fingerprint density at radius 1 is 0.261 bits per heavy atom. The molecule has 0 spiro atoms. The van der Waals surface area contributed by atoms with Crippen molar-refractivity contribution in [2.24, 2.45) is 0 Å². The summed E-state index contributed by atoms with van der Waals surface area (Å²) in [5.41, 5.74) is 24.6. The predicted molar refractivity (Wildman–Crippen MR) is 405 cm³/mol. The van der Waals surface area contributed by atoms with Gasteiger partial charge in [0, 0.05) is 0 Å². The van der Waals surface area contributed by atoms with E-state index >= 15 is 0 Å². The molecule has 0 nitrogen and oxygen atoms in total. The second kappa shape index (κ2) is 21.2. The van der Waals surface area contributed by atoms with Crippen LogP contribution in [0.1, 0.15) is 86.7 Å². The van der Waals surface area contributed by atoms with Gasteiger partial charge in [0.2, 0.25) is 0 Å². The van der Waals surface area contributed by atoms with Gasteiger partial charge in [-0.3, -0.25) is 0 Å². The van der Waals surface area contributed by atoms with E-state index in [1.807, 2.05) is 0 Å². The first-order chi connectivity index (χ1) is 44.4. The molecular formula is C84H74Cl4Si2Zr2. The van der Waals surface area contributed by atoms with Gasteiger partial charge in [0.15, 0.2) is 0 Å². The van der Waals surface area contributed by atoms with E-state index in [4.69, 9.17) is 0 Å². The van der Waals surface area contributed by atoms with E-state index in [1.165, 1.54) is 154 Å². The van der Waals surface area contributed by atoms with Gasteiger partial charge in [-0.2, -0.15) is 0 Å². The first kappa shape index (κ1) is 60.9. The summed E-state index contributed by atoms with van der Waals surface area (Å²) in [6, 6.07) is 90.1. The third-order valence-corrected chi connectivity index (χ3v) is 136. The van der Waals surface area contributed by atoms with Crippen LogP contribution in [0.5, 0.6) is 0 Å². The van der Waals surface area contributed by atoms with Crippen molar-refractivity contribution in [1.29, 1.82) is 0 Å². The maximum atomic E-state index is 10.2. The van der Waals surface area contributed by atoms with Crippen LogP contribution in [0.4, 0.5) is 0 Å². The quantitative estimate of drug-likeness (QED) is 0.101. The summed E-state index contributed by atoms with van der Waals surface area (Å²) in [7, 11) is 40.9. The topological polar surface area (TPSA) is 0 Å². The zero-order valence-corrected chi connectivity index (χ0v) is 63.8. The molecule has 0 bridgehead atoms. The summed E-state index contributed by atoms with van der Waals surface area (Å²) in [5.74, 6) is 0. The third-order valence-electron chi connectivity index (χ3n) is 23.9. The molecule has 12 aromatic rings. The number of rotatable bonds is 13. The van der Waals surface area contributed by atoms with Crippen molar-refractivity contribution >= 4 is 115 Å². The molecule has 0 aliphatic heterocycles. The van der Waals surface area contributed by atoms with Gasteiger partial charge in [0.05, 0.1) is 0 Å². The zero-order chi connectivity index (χ0) is 63.2. The fourth-order valence-electron chi connectivity index (χ4n) is 19.9. The normalized spacial score (nSPS) is 19.4. The van der Waals surface area contributed by atoms with Crippen LogP contribution < -0.4 is 0 Å². The van der Waals surface area contributed by atoms with Crippen molar-refractivity contribution < 1.29 is 28.1 Å². The van der Waals surface area contributed by atoms with Gasteiger partial charge in [-0.1, -0.05) is 0 Å². The molecule has 0 fully saturated rings. The van der Waals surface area contributed by atoms with Gasteiger partial charge in [0.1, 0.15) is 0 Å². The van der Waals surface area contributed by atoms with E-state index in [2.05, 4.69) is 308 Å². The van der Waals surface area contributed by atoms with E-state index in [9.17, 15) is 34.1 Å². The number of allylic oxidation sites excluding steroid dienone is 4. The average molecular weight is 1460 g/mol. The molecule has 0 radical (unpaired) electrons. The molecule has 4 unspecified atom stereocenters. The Hall–Kier alpha value is -6.00. The minimum absolute atomic E-state index is 0.251. The van der Waals surface area contributed by atoms with Crippen LogP contribution in [-0.2, 0) is 28.1 Å². The van der Waals surface area contributed by atoms with Crippen LogP contribution in [0.3, 0.4) is 0 Å². The van der Waals surface area contributed by atoms with Gasteiger partial charge in [-0.25, -0.2) is 0 Å². The summed E-state index contributed by atoms with van der Waals surface area (Å²) < 4.78 is 0.144. The fraction of sp³-hybridized carbons (Fsp3) is 0.143. The SMILES string of the molecule is C[SiH2][Zr]([Cl])([Cl])([CH2][CH2][Zr]([Cl])([Cl])([SiH2]C)([CH]1C(C)=Cc2c(-c3cccc4ccccc34)cccc21)[CH]1C(C)=Cc2c(-c3cccc4ccccc34)cccc21)([CH]1C(C)=Cc2c(-c3cccc4ccccc34)cccc21)[CH]1C(C)=Cc2c(-c3cccc4ccccc34)cccc21. The summed E-state index contributed by atoms with van der Waals surface area (Å²) in [5, 5.41) is 9.80. The van der Waals surface area contributed by atoms with Crippen LogP contribution in [0, 0.1) is 0 Å². The van der Waals surface area contributed by atoms with Crippen molar-refractivity contribution in [2.45, 2.75) is 63.5 Å². The molecule has 8 heteroatoms. The summed E-state index contributed by atoms with van der Waals surface area (Å²) in [6.07, 6.45) is 9.95. The van der Waals surface area contributed by atoms with Gasteiger partial charge in [0.25, 0.3) is 0 Å². The molecule has 16 rings (SSSR count). The van der Waals surface area contributed by atoms with E-state index in [0.29, 0.717) is 8.26 Å². The van der Waals surface area contributed by atoms with Gasteiger partial charge >= 0.3 is 560 Å². The fourth-order valence-corrected chi connectivity index (χ4v) is 142. The molecule has 0 heterocycles. The van der Waals surface area contributed by atoms with Crippen LogP contribution in [0.2, 0.25) is 21.4 Å². The molecule has 0 N–H and O–H groups in total. The van der Waals surface area contributed by atoms with Gasteiger partial charge < -0.3 is 0 Å². The molecule has 0 amide bonds. The number of halogens is 4. The molecule has 454 valence electrons. The van der Waals surface area contributed by atoms with E-state index < -0.39 is 41.4 Å². The molecule has 12 aromatic carbocycles. The van der Waals surface area contributed by atoms with Crippen molar-refractivity contribution in [3.63, 3.8) is 0 Å². The molecule has 92 heavy (non-hydrogen) atoms. The van der Waals surface area contributed by atoms with Crippen LogP contribution >= 0.6 is 34.1 Å². The Balaban J connectivity index is 0.974. The number of benzene rings is 12. The summed E-state index contributed by atoms with van der Waals surface area (Å²) in [6.45, 7) is 11.5. The van der Waals surface area contributed by atoms with Crippen molar-refractivity contribution in [3.8, 4) is 44.5 Å². The second-order valence-corrected chi connectivity index (χ2v) is 135. The van der Waals surface area contributed by atoms with Gasteiger partial charge in [-0.05, 0) is 0 Å². The minimum atomic E-state index is -6.58. The third kappa shape index (κ3) is 8.63. The first-order valence-corrected chi connectivity index (χ1v) is 69.6. The Bertz CT molecular complexity index is 4690. The second-order valence-electron chi connectivity index (χ2n) is 28.4. The molecule has 4 aliphatic carbocycles. The van der Waals surface area contributed by atoms with E-state index in [0.717, 1.165) is 0 Å². The average Bonchev–Trinajstić information content (AvgIpc) is 1.24. The standard InChI is InChI=1S/4C20H15.C2H4.2CH5Si.4ClH.2Zr/c4*1-14-12-16-8-5-11-19(20(16)13-14)18-10-4-7-15-6-2-3-9-17(15)18;3*1-2;;;;;;/h4*2-13H,1H3;1-2H2;2*2H2,1H3;4*1H;;/q;;;;;;;;;;;2*+2/p-4. The Morgan fingerprint density at radius 2 is 0.457 bits per heavy atom. The molecule has 0 saturated heterocycles. The Labute approximate surface area is 554 Å². The number of hydrogen-bond acceptors (Lipinski definition) is 0. The van der Waals surface area contributed by atoms with Crippen molar-refractivity contribution in [3.05, 3.63) is 309 Å². The van der Waals surface area contributed by atoms with Crippen LogP contribution in [-0.4, -0.2) is 13.3 Å². The molecule has 4 atom stereocenters. The monoisotopic (exact) mass is 1460 g/mol. The summed E-state index contributed by atoms with van der Waals surface area (Å²) in [4.78, 5) is 0. The number of hydrogen-bond donors (Lipinski definition) is 0. The predicted octanol–water partition coefficient (Wildman–Crippen LogP) is 25.1. The first-order valence-electron chi connectivity index (χ1n) is 33.1. The number of fused-ring (bicyclic) bond motifs is 8. The maximum absolute atomic E-state index is 10.2.